The molecule has 0 aliphatic carbocycles. The Morgan fingerprint density at radius 2 is 2.43 bits per heavy atom. The van der Waals surface area contributed by atoms with Crippen molar-refractivity contribution in [3.05, 3.63) is 35.4 Å². The summed E-state index contributed by atoms with van der Waals surface area (Å²) >= 11 is 0. The summed E-state index contributed by atoms with van der Waals surface area (Å²) in [7, 11) is 0. The first-order valence-corrected chi connectivity index (χ1v) is 4.74. The number of allylic oxidation sites excluding steroid dienone is 1. The fraction of sp³-hybridized carbons (Fsp3) is 0.250. The number of rotatable bonds is 2. The quantitative estimate of drug-likeness (QED) is 0.652. The molecule has 0 fully saturated rings. The van der Waals surface area contributed by atoms with Gasteiger partial charge >= 0.3 is 0 Å². The van der Waals surface area contributed by atoms with Crippen LogP contribution in [0.5, 0.6) is 5.75 Å². The average molecular weight is 187 g/mol. The Morgan fingerprint density at radius 1 is 1.57 bits per heavy atom. The van der Waals surface area contributed by atoms with Crippen LogP contribution in [0.2, 0.25) is 0 Å². The van der Waals surface area contributed by atoms with Gasteiger partial charge in [0, 0.05) is 12.0 Å². The Hall–Kier alpha value is -1.57. The average Bonchev–Trinajstić information content (AvgIpc) is 2.66. The maximum absolute atomic E-state index is 5.43. The number of aliphatic imine (C=N–C) groups is 1. The number of hydrogen-bond donors (Lipinski definition) is 0. The second-order valence-corrected chi connectivity index (χ2v) is 3.25. The Balaban J connectivity index is 2.42. The molecule has 0 bridgehead atoms. The Bertz CT molecular complexity index is 393. The second kappa shape index (κ2) is 3.66. The van der Waals surface area contributed by atoms with Gasteiger partial charge in [0.15, 0.2) is 0 Å². The van der Waals surface area contributed by atoms with Crippen molar-refractivity contribution in [2.75, 3.05) is 6.61 Å². The van der Waals surface area contributed by atoms with Gasteiger partial charge in [0.05, 0.1) is 12.3 Å². The topological polar surface area (TPSA) is 21.6 Å². The van der Waals surface area contributed by atoms with Crippen LogP contribution in [0.1, 0.15) is 18.1 Å². The van der Waals surface area contributed by atoms with Gasteiger partial charge in [-0.25, -0.2) is 0 Å². The molecular weight excluding hydrogens is 174 g/mol. The predicted molar refractivity (Wildman–Crippen MR) is 58.8 cm³/mol. The maximum Gasteiger partial charge on any atom is 0.122 e. The van der Waals surface area contributed by atoms with E-state index in [-0.39, 0.29) is 0 Å². The monoisotopic (exact) mass is 187 g/mol. The smallest absolute Gasteiger partial charge is 0.122 e. The largest absolute Gasteiger partial charge is 0.493 e. The van der Waals surface area contributed by atoms with Crippen molar-refractivity contribution in [1.82, 2.24) is 0 Å². The van der Waals surface area contributed by atoms with E-state index in [0.29, 0.717) is 0 Å². The summed E-state index contributed by atoms with van der Waals surface area (Å²) in [6.07, 6.45) is 2.96. The van der Waals surface area contributed by atoms with Crippen molar-refractivity contribution < 1.29 is 4.74 Å². The summed E-state index contributed by atoms with van der Waals surface area (Å²) in [4.78, 5) is 3.97. The molecule has 2 heteroatoms. The number of benzene rings is 1. The highest BCUT2D eigenvalue weighted by Crippen LogP contribution is 2.28. The lowest BCUT2D eigenvalue weighted by Crippen LogP contribution is -1.85. The van der Waals surface area contributed by atoms with Gasteiger partial charge in [-0.3, -0.25) is 4.99 Å². The number of hydrogen-bond acceptors (Lipinski definition) is 2. The first-order chi connectivity index (χ1) is 6.85. The summed E-state index contributed by atoms with van der Waals surface area (Å²) in [5.41, 5.74) is 3.32. The zero-order valence-corrected chi connectivity index (χ0v) is 8.29. The van der Waals surface area contributed by atoms with Gasteiger partial charge in [0.25, 0.3) is 0 Å². The molecule has 1 heterocycles. The molecule has 72 valence electrons. The van der Waals surface area contributed by atoms with Crippen LogP contribution in [0, 0.1) is 0 Å². The Morgan fingerprint density at radius 3 is 3.14 bits per heavy atom. The van der Waals surface area contributed by atoms with E-state index < -0.39 is 0 Å². The fourth-order valence-electron chi connectivity index (χ4n) is 1.70. The van der Waals surface area contributed by atoms with Gasteiger partial charge in [0.1, 0.15) is 5.75 Å². The van der Waals surface area contributed by atoms with Gasteiger partial charge in [-0.1, -0.05) is 6.08 Å². The first kappa shape index (κ1) is 9.00. The minimum atomic E-state index is 0.797. The van der Waals surface area contributed by atoms with Crippen LogP contribution in [0.4, 0.5) is 0 Å². The minimum Gasteiger partial charge on any atom is -0.493 e. The van der Waals surface area contributed by atoms with E-state index in [4.69, 9.17) is 4.74 Å². The molecule has 0 atom stereocenters. The van der Waals surface area contributed by atoms with E-state index in [9.17, 15) is 0 Å². The minimum absolute atomic E-state index is 0.797. The number of nitrogens with zero attached hydrogens (tertiary/aromatic N) is 1. The van der Waals surface area contributed by atoms with Crippen molar-refractivity contribution in [1.29, 1.82) is 0 Å². The third-order valence-electron chi connectivity index (χ3n) is 2.43. The lowest BCUT2D eigenvalue weighted by atomic mass is 10.1. The molecular formula is C12H13NO. The molecule has 2 rings (SSSR count). The van der Waals surface area contributed by atoms with Gasteiger partial charge in [-0.2, -0.15) is 0 Å². The van der Waals surface area contributed by atoms with Crippen molar-refractivity contribution >= 4 is 12.4 Å². The van der Waals surface area contributed by atoms with E-state index in [0.717, 1.165) is 30.0 Å². The molecule has 0 unspecified atom stereocenters. The molecule has 0 aromatic heterocycles. The molecule has 0 radical (unpaired) electrons. The maximum atomic E-state index is 5.43. The van der Waals surface area contributed by atoms with Crippen LogP contribution in [0.3, 0.4) is 0 Å². The van der Waals surface area contributed by atoms with Crippen LogP contribution in [-0.2, 0) is 6.42 Å². The van der Waals surface area contributed by atoms with Gasteiger partial charge in [0.2, 0.25) is 0 Å². The van der Waals surface area contributed by atoms with Crippen LogP contribution in [-0.4, -0.2) is 13.3 Å². The Kier molecular flexibility index (Phi) is 2.35. The lowest BCUT2D eigenvalue weighted by molar-refractivity contribution is 0.357. The highest BCUT2D eigenvalue weighted by Gasteiger charge is 2.12. The van der Waals surface area contributed by atoms with E-state index >= 15 is 0 Å². The molecule has 1 aromatic carbocycles. The molecule has 0 N–H and O–H groups in total. The SMILES string of the molecule is C=NC(=CC)c1ccc2c(c1)CCO2. The standard InChI is InChI=1S/C12H13NO/c1-3-11(13-2)9-4-5-12-10(8-9)6-7-14-12/h3-5,8H,2,6-7H2,1H3. The normalized spacial score (nSPS) is 14.8. The van der Waals surface area contributed by atoms with E-state index in [1.54, 1.807) is 0 Å². The van der Waals surface area contributed by atoms with Crippen LogP contribution >= 0.6 is 0 Å². The summed E-state index contributed by atoms with van der Waals surface area (Å²) in [6.45, 7) is 6.32. The molecule has 0 saturated carbocycles. The van der Waals surface area contributed by atoms with Crippen molar-refractivity contribution in [2.24, 2.45) is 4.99 Å². The second-order valence-electron chi connectivity index (χ2n) is 3.25. The van der Waals surface area contributed by atoms with E-state index in [2.05, 4.69) is 17.8 Å². The third-order valence-corrected chi connectivity index (χ3v) is 2.43. The van der Waals surface area contributed by atoms with Gasteiger partial charge in [-0.15, -0.1) is 0 Å². The fourth-order valence-corrected chi connectivity index (χ4v) is 1.70. The van der Waals surface area contributed by atoms with Crippen molar-refractivity contribution in [2.45, 2.75) is 13.3 Å². The summed E-state index contributed by atoms with van der Waals surface area (Å²) in [5, 5.41) is 0. The van der Waals surface area contributed by atoms with Crippen molar-refractivity contribution in [3.8, 4) is 5.75 Å². The first-order valence-electron chi connectivity index (χ1n) is 4.74. The molecule has 14 heavy (non-hydrogen) atoms. The number of fused-ring (bicyclic) bond motifs is 1. The zero-order chi connectivity index (χ0) is 9.97. The summed E-state index contributed by atoms with van der Waals surface area (Å²) in [5.74, 6) is 1.01. The summed E-state index contributed by atoms with van der Waals surface area (Å²) < 4.78 is 5.43. The van der Waals surface area contributed by atoms with Gasteiger partial charge < -0.3 is 4.74 Å². The van der Waals surface area contributed by atoms with E-state index in [1.807, 2.05) is 25.1 Å². The lowest BCUT2D eigenvalue weighted by Gasteiger charge is -2.03. The predicted octanol–water partition coefficient (Wildman–Crippen LogP) is 2.68. The number of ether oxygens (including phenoxy) is 1. The molecule has 0 amide bonds. The molecule has 0 spiro atoms. The van der Waals surface area contributed by atoms with Crippen LogP contribution in [0.15, 0.2) is 29.3 Å². The molecule has 0 saturated heterocycles. The molecule has 2 nitrogen and oxygen atoms in total. The van der Waals surface area contributed by atoms with Crippen molar-refractivity contribution in [3.63, 3.8) is 0 Å². The Labute approximate surface area is 83.9 Å². The molecule has 1 aliphatic rings. The summed E-state index contributed by atoms with van der Waals surface area (Å²) in [6, 6.07) is 6.16. The van der Waals surface area contributed by atoms with Crippen LogP contribution < -0.4 is 4.74 Å². The van der Waals surface area contributed by atoms with Crippen LogP contribution in [0.25, 0.3) is 5.70 Å². The molecule has 1 aliphatic heterocycles. The van der Waals surface area contributed by atoms with E-state index in [1.165, 1.54) is 5.56 Å². The highest BCUT2D eigenvalue weighted by molar-refractivity contribution is 5.69. The highest BCUT2D eigenvalue weighted by atomic mass is 16.5. The zero-order valence-electron chi connectivity index (χ0n) is 8.29. The third kappa shape index (κ3) is 1.43. The van der Waals surface area contributed by atoms with Gasteiger partial charge in [-0.05, 0) is 37.4 Å². The molecule has 1 aromatic rings.